The van der Waals surface area contributed by atoms with Gasteiger partial charge in [0.05, 0.1) is 12.0 Å². The average Bonchev–Trinajstić information content (AvgIpc) is 2.53. The molecule has 1 aliphatic rings. The highest BCUT2D eigenvalue weighted by molar-refractivity contribution is 6.30. The number of aliphatic hydroxyl groups is 1. The van der Waals surface area contributed by atoms with E-state index in [4.69, 9.17) is 11.6 Å². The molecule has 1 aliphatic heterocycles. The summed E-state index contributed by atoms with van der Waals surface area (Å²) < 4.78 is 0. The molecule has 1 aromatic rings. The van der Waals surface area contributed by atoms with Gasteiger partial charge in [-0.05, 0) is 43.9 Å². The Labute approximate surface area is 119 Å². The van der Waals surface area contributed by atoms with Crippen molar-refractivity contribution in [3.8, 4) is 0 Å². The summed E-state index contributed by atoms with van der Waals surface area (Å²) in [6.45, 7) is 3.22. The molecule has 0 aliphatic carbocycles. The summed E-state index contributed by atoms with van der Waals surface area (Å²) >= 11 is 5.83. The van der Waals surface area contributed by atoms with Gasteiger partial charge in [-0.3, -0.25) is 4.79 Å². The summed E-state index contributed by atoms with van der Waals surface area (Å²) in [5.41, 5.74) is 0.348. The fourth-order valence-electron chi connectivity index (χ4n) is 2.40. The van der Waals surface area contributed by atoms with Crippen LogP contribution >= 0.6 is 11.6 Å². The third kappa shape index (κ3) is 4.22. The van der Waals surface area contributed by atoms with Crippen LogP contribution in [-0.2, 0) is 11.2 Å². The lowest BCUT2D eigenvalue weighted by molar-refractivity contribution is -0.130. The van der Waals surface area contributed by atoms with Crippen molar-refractivity contribution < 1.29 is 9.90 Å². The van der Waals surface area contributed by atoms with Crippen LogP contribution < -0.4 is 0 Å². The molecule has 1 atom stereocenters. The molecule has 1 fully saturated rings. The first-order valence-electron chi connectivity index (χ1n) is 6.71. The average molecular weight is 282 g/mol. The van der Waals surface area contributed by atoms with E-state index in [0.717, 1.165) is 24.9 Å². The van der Waals surface area contributed by atoms with Crippen LogP contribution in [-0.4, -0.2) is 34.6 Å². The number of amides is 1. The van der Waals surface area contributed by atoms with Gasteiger partial charge in [0.1, 0.15) is 0 Å². The first kappa shape index (κ1) is 14.4. The summed E-state index contributed by atoms with van der Waals surface area (Å²) in [5, 5.41) is 10.7. The topological polar surface area (TPSA) is 40.5 Å². The normalized spacial score (nSPS) is 24.1. The third-order valence-corrected chi connectivity index (χ3v) is 3.94. The summed E-state index contributed by atoms with van der Waals surface area (Å²) in [6, 6.07) is 7.37. The van der Waals surface area contributed by atoms with Crippen LogP contribution in [0, 0.1) is 0 Å². The minimum Gasteiger partial charge on any atom is -0.390 e. The third-order valence-electron chi connectivity index (χ3n) is 3.69. The van der Waals surface area contributed by atoms with Crippen molar-refractivity contribution in [2.75, 3.05) is 13.1 Å². The predicted molar refractivity (Wildman–Crippen MR) is 76.2 cm³/mol. The van der Waals surface area contributed by atoms with Crippen LogP contribution in [0.1, 0.15) is 31.7 Å². The molecule has 1 N–H and O–H groups in total. The zero-order valence-corrected chi connectivity index (χ0v) is 12.0. The van der Waals surface area contributed by atoms with Crippen molar-refractivity contribution in [3.05, 3.63) is 34.9 Å². The van der Waals surface area contributed by atoms with Gasteiger partial charge < -0.3 is 10.0 Å². The largest absolute Gasteiger partial charge is 0.390 e. The molecule has 19 heavy (non-hydrogen) atoms. The number of hydrogen-bond acceptors (Lipinski definition) is 2. The zero-order valence-electron chi connectivity index (χ0n) is 11.2. The van der Waals surface area contributed by atoms with Crippen molar-refractivity contribution in [2.24, 2.45) is 0 Å². The lowest BCUT2D eigenvalue weighted by Crippen LogP contribution is -2.34. The number of carbonyl (C=O) groups excluding carboxylic acids is 1. The predicted octanol–water partition coefficient (Wildman–Crippen LogP) is 2.65. The molecule has 1 aromatic carbocycles. The summed E-state index contributed by atoms with van der Waals surface area (Å²) in [5.74, 6) is 0.125. The van der Waals surface area contributed by atoms with E-state index in [1.54, 1.807) is 12.1 Å². The van der Waals surface area contributed by atoms with Crippen LogP contribution in [0.4, 0.5) is 0 Å². The molecule has 3 nitrogen and oxygen atoms in total. The van der Waals surface area contributed by atoms with E-state index in [2.05, 4.69) is 0 Å². The standard InChI is InChI=1S/C15H20ClNO2/c1-15(19)7-2-9-17(10-8-15)14(18)11-12-3-5-13(16)6-4-12/h3-6,19H,2,7-11H2,1H3. The Morgan fingerprint density at radius 2 is 2.00 bits per heavy atom. The van der Waals surface area contributed by atoms with E-state index in [-0.39, 0.29) is 5.91 Å². The van der Waals surface area contributed by atoms with E-state index in [0.29, 0.717) is 24.4 Å². The van der Waals surface area contributed by atoms with Crippen molar-refractivity contribution in [1.29, 1.82) is 0 Å². The van der Waals surface area contributed by atoms with E-state index >= 15 is 0 Å². The number of rotatable bonds is 2. The van der Waals surface area contributed by atoms with Gasteiger partial charge in [-0.2, -0.15) is 0 Å². The second-order valence-corrected chi connectivity index (χ2v) is 5.97. The molecule has 0 bridgehead atoms. The van der Waals surface area contributed by atoms with Crippen molar-refractivity contribution in [1.82, 2.24) is 4.90 Å². The molecular weight excluding hydrogens is 262 g/mol. The van der Waals surface area contributed by atoms with Gasteiger partial charge in [0, 0.05) is 18.1 Å². The van der Waals surface area contributed by atoms with Gasteiger partial charge >= 0.3 is 0 Å². The molecule has 1 saturated heterocycles. The maximum atomic E-state index is 12.2. The molecule has 2 rings (SSSR count). The molecule has 1 unspecified atom stereocenters. The van der Waals surface area contributed by atoms with Gasteiger partial charge in [-0.25, -0.2) is 0 Å². The van der Waals surface area contributed by atoms with Crippen LogP contribution in [0.2, 0.25) is 5.02 Å². The molecule has 0 saturated carbocycles. The van der Waals surface area contributed by atoms with E-state index in [1.807, 2.05) is 24.0 Å². The molecule has 1 amide bonds. The van der Waals surface area contributed by atoms with Crippen LogP contribution in [0.3, 0.4) is 0 Å². The minimum atomic E-state index is -0.630. The van der Waals surface area contributed by atoms with Gasteiger partial charge in [0.15, 0.2) is 0 Å². The highest BCUT2D eigenvalue weighted by Crippen LogP contribution is 2.22. The molecular formula is C15H20ClNO2. The number of nitrogens with zero attached hydrogens (tertiary/aromatic N) is 1. The maximum Gasteiger partial charge on any atom is 0.226 e. The number of hydrogen-bond donors (Lipinski definition) is 1. The Hall–Kier alpha value is -1.06. The zero-order chi connectivity index (χ0) is 13.9. The SMILES string of the molecule is CC1(O)CCCN(C(=O)Cc2ccc(Cl)cc2)CC1. The molecule has 1 heterocycles. The summed E-state index contributed by atoms with van der Waals surface area (Å²) in [4.78, 5) is 14.1. The van der Waals surface area contributed by atoms with E-state index < -0.39 is 5.60 Å². The second-order valence-electron chi connectivity index (χ2n) is 5.53. The van der Waals surface area contributed by atoms with E-state index in [1.165, 1.54) is 0 Å². The van der Waals surface area contributed by atoms with Crippen molar-refractivity contribution >= 4 is 17.5 Å². The lowest BCUT2D eigenvalue weighted by Gasteiger charge is -2.22. The van der Waals surface area contributed by atoms with Gasteiger partial charge in [-0.1, -0.05) is 23.7 Å². The summed E-state index contributed by atoms with van der Waals surface area (Å²) in [7, 11) is 0. The first-order valence-corrected chi connectivity index (χ1v) is 7.09. The fourth-order valence-corrected chi connectivity index (χ4v) is 2.53. The van der Waals surface area contributed by atoms with Crippen molar-refractivity contribution in [3.63, 3.8) is 0 Å². The molecule has 4 heteroatoms. The Morgan fingerprint density at radius 3 is 2.68 bits per heavy atom. The summed E-state index contributed by atoms with van der Waals surface area (Å²) in [6.07, 6.45) is 2.68. The molecule has 0 aromatic heterocycles. The van der Waals surface area contributed by atoms with E-state index in [9.17, 15) is 9.90 Å². The Kier molecular flexibility index (Phi) is 4.48. The van der Waals surface area contributed by atoms with Crippen LogP contribution in [0.15, 0.2) is 24.3 Å². The maximum absolute atomic E-state index is 12.2. The lowest BCUT2D eigenvalue weighted by atomic mass is 9.98. The van der Waals surface area contributed by atoms with Gasteiger partial charge in [-0.15, -0.1) is 0 Å². The molecule has 0 spiro atoms. The molecule has 104 valence electrons. The highest BCUT2D eigenvalue weighted by atomic mass is 35.5. The van der Waals surface area contributed by atoms with Gasteiger partial charge in [0.2, 0.25) is 5.91 Å². The quantitative estimate of drug-likeness (QED) is 0.905. The fraction of sp³-hybridized carbons (Fsp3) is 0.533. The number of likely N-dealkylation sites (tertiary alicyclic amines) is 1. The minimum absolute atomic E-state index is 0.125. The Morgan fingerprint density at radius 1 is 1.32 bits per heavy atom. The molecule has 0 radical (unpaired) electrons. The number of carbonyl (C=O) groups is 1. The monoisotopic (exact) mass is 281 g/mol. The van der Waals surface area contributed by atoms with Crippen molar-refractivity contribution in [2.45, 2.75) is 38.2 Å². The number of halogens is 1. The van der Waals surface area contributed by atoms with Crippen LogP contribution in [0.5, 0.6) is 0 Å². The second kappa shape index (κ2) is 5.93. The Bertz CT molecular complexity index is 442. The number of benzene rings is 1. The van der Waals surface area contributed by atoms with Crippen LogP contribution in [0.25, 0.3) is 0 Å². The smallest absolute Gasteiger partial charge is 0.226 e. The van der Waals surface area contributed by atoms with Gasteiger partial charge in [0.25, 0.3) is 0 Å². The first-order chi connectivity index (χ1) is 8.96. The highest BCUT2D eigenvalue weighted by Gasteiger charge is 2.26. The Balaban J connectivity index is 1.94.